The molecule has 0 spiro atoms. The van der Waals surface area contributed by atoms with Gasteiger partial charge in [-0.1, -0.05) is 39.3 Å². The van der Waals surface area contributed by atoms with Crippen LogP contribution >= 0.6 is 11.6 Å². The van der Waals surface area contributed by atoms with E-state index in [1.54, 1.807) is 18.2 Å². The molecule has 0 unspecified atom stereocenters. The number of aliphatic carboxylic acids is 1. The number of amides is 1. The van der Waals surface area contributed by atoms with E-state index in [2.05, 4.69) is 15.3 Å². The fourth-order valence-corrected chi connectivity index (χ4v) is 5.95. The summed E-state index contributed by atoms with van der Waals surface area (Å²) in [4.78, 5) is 34.9. The van der Waals surface area contributed by atoms with Crippen molar-refractivity contribution in [2.45, 2.75) is 52.7 Å². The summed E-state index contributed by atoms with van der Waals surface area (Å²) >= 11 is 6.16. The van der Waals surface area contributed by atoms with Gasteiger partial charge in [-0.15, -0.1) is 0 Å². The van der Waals surface area contributed by atoms with Crippen molar-refractivity contribution in [3.8, 4) is 11.8 Å². The van der Waals surface area contributed by atoms with Crippen molar-refractivity contribution < 1.29 is 19.4 Å². The van der Waals surface area contributed by atoms with Gasteiger partial charge < -0.3 is 20.1 Å². The zero-order valence-corrected chi connectivity index (χ0v) is 21.5. The lowest BCUT2D eigenvalue weighted by Gasteiger charge is -2.63. The van der Waals surface area contributed by atoms with E-state index in [1.165, 1.54) is 12.4 Å². The van der Waals surface area contributed by atoms with Gasteiger partial charge in [-0.2, -0.15) is 5.26 Å². The predicted octanol–water partition coefficient (Wildman–Crippen LogP) is 3.91. The lowest BCUT2D eigenvalue weighted by Crippen LogP contribution is -2.74. The van der Waals surface area contributed by atoms with Crippen molar-refractivity contribution in [1.29, 1.82) is 5.26 Å². The van der Waals surface area contributed by atoms with Gasteiger partial charge in [0.25, 0.3) is 5.91 Å². The molecule has 1 amide bonds. The van der Waals surface area contributed by atoms with E-state index in [4.69, 9.17) is 26.7 Å². The Morgan fingerprint density at radius 2 is 1.78 bits per heavy atom. The Bertz CT molecular complexity index is 1180. The van der Waals surface area contributed by atoms with Crippen LogP contribution in [-0.4, -0.2) is 52.2 Å². The number of carboxylic acids is 1. The molecule has 1 saturated heterocycles. The van der Waals surface area contributed by atoms with Crippen LogP contribution in [0.25, 0.3) is 0 Å². The Kier molecular flexibility index (Phi) is 6.84. The third kappa shape index (κ3) is 4.70. The summed E-state index contributed by atoms with van der Waals surface area (Å²) in [6.45, 7) is 9.30. The minimum absolute atomic E-state index is 0.175. The van der Waals surface area contributed by atoms with Gasteiger partial charge in [0, 0.05) is 48.4 Å². The highest BCUT2D eigenvalue weighted by molar-refractivity contribution is 6.31. The van der Waals surface area contributed by atoms with Crippen LogP contribution in [0.2, 0.25) is 5.02 Å². The smallest absolute Gasteiger partial charge is 0.306 e. The Labute approximate surface area is 215 Å². The van der Waals surface area contributed by atoms with Crippen LogP contribution < -0.4 is 15.0 Å². The standard InChI is InChI=1S/C26H30ClN5O4/c1-25(2)22(26(3,4)23(25)36-18-6-5-16(12-28)19(27)11-18)31-20(33)17-13-29-24(30-14-17)32-9-7-15(8-10-32)21(34)35/h5-6,11,13-15,22-23H,7-10H2,1-4H3,(H,31,33)(H,34,35). The zero-order chi connectivity index (χ0) is 26.3. The average molecular weight is 512 g/mol. The van der Waals surface area contributed by atoms with E-state index in [9.17, 15) is 9.59 Å². The largest absolute Gasteiger partial charge is 0.489 e. The molecule has 36 heavy (non-hydrogen) atoms. The molecule has 1 saturated carbocycles. The van der Waals surface area contributed by atoms with Gasteiger partial charge in [-0.25, -0.2) is 9.97 Å². The highest BCUT2D eigenvalue weighted by atomic mass is 35.5. The lowest BCUT2D eigenvalue weighted by atomic mass is 9.49. The molecular weight excluding hydrogens is 482 g/mol. The normalized spacial score (nSPS) is 22.7. The van der Waals surface area contributed by atoms with Crippen molar-refractivity contribution in [1.82, 2.24) is 15.3 Å². The number of carbonyl (C=O) groups excluding carboxylic acids is 1. The number of halogens is 1. The number of ether oxygens (including phenoxy) is 1. The summed E-state index contributed by atoms with van der Waals surface area (Å²) in [5.41, 5.74) is -0.0165. The molecule has 10 heteroatoms. The second-order valence-corrected chi connectivity index (χ2v) is 11.1. The van der Waals surface area contributed by atoms with Crippen LogP contribution in [0.4, 0.5) is 5.95 Å². The average Bonchev–Trinajstić information content (AvgIpc) is 2.85. The number of piperidine rings is 1. The molecule has 2 aliphatic rings. The van der Waals surface area contributed by atoms with E-state index in [1.807, 2.05) is 38.7 Å². The van der Waals surface area contributed by atoms with Gasteiger partial charge in [0.05, 0.1) is 22.1 Å². The topological polar surface area (TPSA) is 128 Å². The van der Waals surface area contributed by atoms with E-state index in [0.717, 1.165) is 0 Å². The molecule has 0 atom stereocenters. The molecule has 1 aromatic heterocycles. The van der Waals surface area contributed by atoms with Crippen molar-refractivity contribution >= 4 is 29.4 Å². The van der Waals surface area contributed by atoms with Crippen LogP contribution in [0.5, 0.6) is 5.75 Å². The van der Waals surface area contributed by atoms with E-state index in [0.29, 0.717) is 53.8 Å². The first-order valence-corrected chi connectivity index (χ1v) is 12.3. The number of carboxylic acid groups (broad SMARTS) is 1. The van der Waals surface area contributed by atoms with Crippen molar-refractivity contribution in [3.63, 3.8) is 0 Å². The summed E-state index contributed by atoms with van der Waals surface area (Å²) in [7, 11) is 0. The molecule has 0 radical (unpaired) electrons. The summed E-state index contributed by atoms with van der Waals surface area (Å²) in [5.74, 6) is -0.294. The number of carbonyl (C=O) groups is 2. The number of nitriles is 1. The number of benzene rings is 1. The molecule has 2 N–H and O–H groups in total. The molecule has 1 aliphatic heterocycles. The highest BCUT2D eigenvalue weighted by Gasteiger charge is 2.64. The number of hydrogen-bond donors (Lipinski definition) is 2. The second-order valence-electron chi connectivity index (χ2n) is 10.7. The molecule has 2 heterocycles. The molecule has 4 rings (SSSR count). The first-order chi connectivity index (χ1) is 16.9. The minimum atomic E-state index is -0.766. The summed E-state index contributed by atoms with van der Waals surface area (Å²) in [5, 5.41) is 21.7. The molecule has 190 valence electrons. The molecule has 1 aromatic carbocycles. The summed E-state index contributed by atoms with van der Waals surface area (Å²) in [6, 6.07) is 6.86. The first-order valence-electron chi connectivity index (χ1n) is 11.9. The Morgan fingerprint density at radius 1 is 1.17 bits per heavy atom. The molecule has 0 bridgehead atoms. The quantitative estimate of drug-likeness (QED) is 0.597. The second kappa shape index (κ2) is 9.58. The minimum Gasteiger partial charge on any atom is -0.489 e. The molecule has 2 fully saturated rings. The van der Waals surface area contributed by atoms with Crippen LogP contribution in [0.3, 0.4) is 0 Å². The van der Waals surface area contributed by atoms with E-state index < -0.39 is 5.97 Å². The summed E-state index contributed by atoms with van der Waals surface area (Å²) in [6.07, 6.45) is 3.90. The predicted molar refractivity (Wildman–Crippen MR) is 134 cm³/mol. The van der Waals surface area contributed by atoms with Crippen LogP contribution in [-0.2, 0) is 4.79 Å². The lowest BCUT2D eigenvalue weighted by molar-refractivity contribution is -0.164. The van der Waals surface area contributed by atoms with Gasteiger partial charge in [-0.05, 0) is 25.0 Å². The van der Waals surface area contributed by atoms with Gasteiger partial charge in [0.15, 0.2) is 0 Å². The number of rotatable bonds is 6. The molecule has 1 aliphatic carbocycles. The maximum absolute atomic E-state index is 13.1. The maximum atomic E-state index is 13.1. The first kappa shape index (κ1) is 25.7. The number of anilines is 1. The SMILES string of the molecule is CC1(C)C(NC(=O)c2cnc(N3CCC(C(=O)O)CC3)nc2)C(C)(C)C1Oc1ccc(C#N)c(Cl)c1. The van der Waals surface area contributed by atoms with Crippen molar-refractivity contribution in [2.75, 3.05) is 18.0 Å². The zero-order valence-electron chi connectivity index (χ0n) is 20.8. The third-order valence-electron chi connectivity index (χ3n) is 7.46. The van der Waals surface area contributed by atoms with Crippen molar-refractivity contribution in [2.24, 2.45) is 16.7 Å². The van der Waals surface area contributed by atoms with Gasteiger partial charge in [0.1, 0.15) is 17.9 Å². The molecule has 2 aromatic rings. The van der Waals surface area contributed by atoms with Crippen molar-refractivity contribution in [3.05, 3.63) is 46.7 Å². The van der Waals surface area contributed by atoms with E-state index in [-0.39, 0.29) is 34.8 Å². The number of hydrogen-bond acceptors (Lipinski definition) is 7. The van der Waals surface area contributed by atoms with Crippen LogP contribution in [0, 0.1) is 28.1 Å². The number of nitrogens with one attached hydrogen (secondary N) is 1. The fourth-order valence-electron chi connectivity index (χ4n) is 5.74. The summed E-state index contributed by atoms with van der Waals surface area (Å²) < 4.78 is 6.27. The third-order valence-corrected chi connectivity index (χ3v) is 7.77. The van der Waals surface area contributed by atoms with Gasteiger partial charge in [0.2, 0.25) is 5.95 Å². The highest BCUT2D eigenvalue weighted by Crippen LogP contribution is 2.55. The van der Waals surface area contributed by atoms with Gasteiger partial charge >= 0.3 is 5.97 Å². The fraction of sp³-hybridized carbons (Fsp3) is 0.500. The monoisotopic (exact) mass is 511 g/mol. The Hall–Kier alpha value is -3.38. The molecular formula is C26H30ClN5O4. The van der Waals surface area contributed by atoms with E-state index >= 15 is 0 Å². The molecule has 9 nitrogen and oxygen atoms in total. The van der Waals surface area contributed by atoms with Gasteiger partial charge in [-0.3, -0.25) is 9.59 Å². The van der Waals surface area contributed by atoms with Crippen LogP contribution in [0.15, 0.2) is 30.6 Å². The number of nitrogens with zero attached hydrogens (tertiary/aromatic N) is 4. The Morgan fingerprint density at radius 3 is 2.31 bits per heavy atom. The number of aromatic nitrogens is 2. The maximum Gasteiger partial charge on any atom is 0.306 e. The van der Waals surface area contributed by atoms with Crippen LogP contribution in [0.1, 0.15) is 56.5 Å². The Balaban J connectivity index is 1.40.